The minimum Gasteiger partial charge on any atom is -0.444 e. The van der Waals surface area contributed by atoms with E-state index in [0.717, 1.165) is 19.5 Å². The first-order valence-electron chi connectivity index (χ1n) is 10.1. The zero-order chi connectivity index (χ0) is 20.6. The van der Waals surface area contributed by atoms with Crippen LogP contribution in [0.3, 0.4) is 0 Å². The minimum atomic E-state index is -0.578. The third-order valence-electron chi connectivity index (χ3n) is 3.27. The number of carbonyl (C=O) groups is 2. The Balaban J connectivity index is 0. The number of nitrogens with one attached hydrogen (secondary N) is 3. The molecule has 0 aromatic heterocycles. The molecule has 0 spiro atoms. The molecule has 3 N–H and O–H groups in total. The summed E-state index contributed by atoms with van der Waals surface area (Å²) in [7, 11) is 0. The SMILES string of the molecule is CC.CCCCCNCCNC(=O)C(CC(C)C)NC(=O)OC(C)(C)C. The van der Waals surface area contributed by atoms with E-state index in [1.165, 1.54) is 12.8 Å². The van der Waals surface area contributed by atoms with Gasteiger partial charge in [0.1, 0.15) is 11.6 Å². The van der Waals surface area contributed by atoms with E-state index in [2.05, 4.69) is 22.9 Å². The maximum atomic E-state index is 12.3. The first-order valence-corrected chi connectivity index (χ1v) is 10.1. The topological polar surface area (TPSA) is 79.5 Å². The highest BCUT2D eigenvalue weighted by Gasteiger charge is 2.24. The summed E-state index contributed by atoms with van der Waals surface area (Å²) in [6.45, 7) is 17.9. The fourth-order valence-corrected chi connectivity index (χ4v) is 2.18. The first kappa shape index (κ1) is 26.9. The summed E-state index contributed by atoms with van der Waals surface area (Å²) >= 11 is 0. The lowest BCUT2D eigenvalue weighted by molar-refractivity contribution is -0.123. The predicted molar refractivity (Wildman–Crippen MR) is 109 cm³/mol. The largest absolute Gasteiger partial charge is 0.444 e. The Morgan fingerprint density at radius 2 is 1.62 bits per heavy atom. The fraction of sp³-hybridized carbons (Fsp3) is 0.900. The normalized spacial score (nSPS) is 12.0. The lowest BCUT2D eigenvalue weighted by atomic mass is 10.0. The first-order chi connectivity index (χ1) is 12.2. The molecule has 1 unspecified atom stereocenters. The number of carbonyl (C=O) groups excluding carboxylic acids is 2. The fourth-order valence-electron chi connectivity index (χ4n) is 2.18. The van der Waals surface area contributed by atoms with Crippen molar-refractivity contribution in [1.82, 2.24) is 16.0 Å². The molecule has 0 saturated carbocycles. The van der Waals surface area contributed by atoms with Gasteiger partial charge in [0.05, 0.1) is 0 Å². The monoisotopic (exact) mass is 373 g/mol. The second-order valence-electron chi connectivity index (χ2n) is 7.58. The highest BCUT2D eigenvalue weighted by molar-refractivity contribution is 5.85. The van der Waals surface area contributed by atoms with Crippen molar-refractivity contribution in [3.63, 3.8) is 0 Å². The van der Waals surface area contributed by atoms with Gasteiger partial charge in [0, 0.05) is 13.1 Å². The molecule has 0 aliphatic carbocycles. The summed E-state index contributed by atoms with van der Waals surface area (Å²) in [5, 5.41) is 8.86. The number of alkyl carbamates (subject to hydrolysis) is 1. The number of hydrogen-bond acceptors (Lipinski definition) is 4. The minimum absolute atomic E-state index is 0.162. The zero-order valence-corrected chi connectivity index (χ0v) is 18.3. The molecule has 0 aromatic carbocycles. The van der Waals surface area contributed by atoms with Crippen LogP contribution in [0, 0.1) is 5.92 Å². The standard InChI is InChI=1S/C18H37N3O3.C2H6/c1-7-8-9-10-19-11-12-20-16(22)15(13-14(2)3)21-17(23)24-18(4,5)6;1-2/h14-15,19H,7-13H2,1-6H3,(H,20,22)(H,21,23);1-2H3. The lowest BCUT2D eigenvalue weighted by Crippen LogP contribution is -2.49. The van der Waals surface area contributed by atoms with E-state index in [4.69, 9.17) is 4.74 Å². The van der Waals surface area contributed by atoms with Crippen molar-refractivity contribution in [2.75, 3.05) is 19.6 Å². The van der Waals surface area contributed by atoms with Crippen LogP contribution < -0.4 is 16.0 Å². The van der Waals surface area contributed by atoms with E-state index in [9.17, 15) is 9.59 Å². The molecule has 156 valence electrons. The van der Waals surface area contributed by atoms with Crippen LogP contribution in [0.2, 0.25) is 0 Å². The molecule has 6 heteroatoms. The molecule has 0 heterocycles. The molecule has 0 aliphatic rings. The molecule has 0 fully saturated rings. The van der Waals surface area contributed by atoms with Gasteiger partial charge >= 0.3 is 6.09 Å². The molecule has 0 bridgehead atoms. The Morgan fingerprint density at radius 3 is 2.12 bits per heavy atom. The molecule has 2 amide bonds. The summed E-state index contributed by atoms with van der Waals surface area (Å²) < 4.78 is 5.24. The van der Waals surface area contributed by atoms with Gasteiger partial charge in [-0.3, -0.25) is 4.79 Å². The van der Waals surface area contributed by atoms with Crippen molar-refractivity contribution in [3.8, 4) is 0 Å². The van der Waals surface area contributed by atoms with Gasteiger partial charge in [-0.1, -0.05) is 47.5 Å². The molecule has 0 rings (SSSR count). The van der Waals surface area contributed by atoms with E-state index >= 15 is 0 Å². The van der Waals surface area contributed by atoms with Crippen molar-refractivity contribution >= 4 is 12.0 Å². The van der Waals surface area contributed by atoms with Crippen LogP contribution in [0.15, 0.2) is 0 Å². The predicted octanol–water partition coefficient (Wildman–Crippen LogP) is 3.85. The smallest absolute Gasteiger partial charge is 0.408 e. The Labute approximate surface area is 161 Å². The van der Waals surface area contributed by atoms with Crippen LogP contribution in [0.1, 0.15) is 81.1 Å². The summed E-state index contributed by atoms with van der Waals surface area (Å²) in [5.41, 5.74) is -0.578. The van der Waals surface area contributed by atoms with Crippen LogP contribution in [-0.4, -0.2) is 43.3 Å². The van der Waals surface area contributed by atoms with Gasteiger partial charge in [-0.2, -0.15) is 0 Å². The summed E-state index contributed by atoms with van der Waals surface area (Å²) in [6.07, 6.45) is 3.60. The Hall–Kier alpha value is -1.30. The van der Waals surface area contributed by atoms with Crippen LogP contribution in [0.25, 0.3) is 0 Å². The van der Waals surface area contributed by atoms with Crippen LogP contribution in [0.5, 0.6) is 0 Å². The Bertz CT molecular complexity index is 366. The maximum absolute atomic E-state index is 12.3. The van der Waals surface area contributed by atoms with Crippen molar-refractivity contribution < 1.29 is 14.3 Å². The molecule has 0 aliphatic heterocycles. The number of rotatable bonds is 11. The van der Waals surface area contributed by atoms with Gasteiger partial charge in [0.15, 0.2) is 0 Å². The van der Waals surface area contributed by atoms with Crippen LogP contribution >= 0.6 is 0 Å². The van der Waals surface area contributed by atoms with E-state index in [1.807, 2.05) is 27.7 Å². The number of ether oxygens (including phenoxy) is 1. The quantitative estimate of drug-likeness (QED) is 0.481. The van der Waals surface area contributed by atoms with E-state index in [1.54, 1.807) is 20.8 Å². The molecule has 26 heavy (non-hydrogen) atoms. The molecular formula is C20H43N3O3. The average molecular weight is 374 g/mol. The van der Waals surface area contributed by atoms with Gasteiger partial charge in [-0.15, -0.1) is 0 Å². The number of amides is 2. The Kier molecular flexibility index (Phi) is 16.5. The van der Waals surface area contributed by atoms with Gasteiger partial charge < -0.3 is 20.7 Å². The Morgan fingerprint density at radius 1 is 1.00 bits per heavy atom. The lowest BCUT2D eigenvalue weighted by Gasteiger charge is -2.24. The second kappa shape index (κ2) is 15.9. The summed E-state index contributed by atoms with van der Waals surface area (Å²) in [4.78, 5) is 24.2. The van der Waals surface area contributed by atoms with E-state index < -0.39 is 17.7 Å². The molecule has 0 saturated heterocycles. The molecule has 1 atom stereocenters. The molecule has 0 aromatic rings. The van der Waals surface area contributed by atoms with Gasteiger partial charge in [0.25, 0.3) is 0 Å². The summed E-state index contributed by atoms with van der Waals surface area (Å²) in [6, 6.07) is -0.569. The number of hydrogen-bond donors (Lipinski definition) is 3. The third kappa shape index (κ3) is 17.5. The van der Waals surface area contributed by atoms with Crippen molar-refractivity contribution in [3.05, 3.63) is 0 Å². The second-order valence-corrected chi connectivity index (χ2v) is 7.58. The third-order valence-corrected chi connectivity index (χ3v) is 3.27. The number of unbranched alkanes of at least 4 members (excludes halogenated alkanes) is 2. The molecule has 6 nitrogen and oxygen atoms in total. The summed E-state index contributed by atoms with van der Waals surface area (Å²) in [5.74, 6) is 0.132. The van der Waals surface area contributed by atoms with E-state index in [-0.39, 0.29) is 5.91 Å². The highest BCUT2D eigenvalue weighted by atomic mass is 16.6. The molecular weight excluding hydrogens is 330 g/mol. The van der Waals surface area contributed by atoms with Gasteiger partial charge in [-0.05, 0) is 46.1 Å². The van der Waals surface area contributed by atoms with Crippen LogP contribution in [-0.2, 0) is 9.53 Å². The van der Waals surface area contributed by atoms with Gasteiger partial charge in [-0.25, -0.2) is 4.79 Å². The highest BCUT2D eigenvalue weighted by Crippen LogP contribution is 2.09. The van der Waals surface area contributed by atoms with Crippen molar-refractivity contribution in [2.45, 2.75) is 92.7 Å². The van der Waals surface area contributed by atoms with Crippen LogP contribution in [0.4, 0.5) is 4.79 Å². The maximum Gasteiger partial charge on any atom is 0.408 e. The van der Waals surface area contributed by atoms with E-state index in [0.29, 0.717) is 18.9 Å². The van der Waals surface area contributed by atoms with Gasteiger partial charge in [0.2, 0.25) is 5.91 Å². The average Bonchev–Trinajstić information content (AvgIpc) is 2.53. The zero-order valence-electron chi connectivity index (χ0n) is 18.3. The molecule has 0 radical (unpaired) electrons. The van der Waals surface area contributed by atoms with Crippen molar-refractivity contribution in [1.29, 1.82) is 0 Å². The van der Waals surface area contributed by atoms with Crippen molar-refractivity contribution in [2.24, 2.45) is 5.92 Å².